The zero-order valence-electron chi connectivity index (χ0n) is 13.8. The van der Waals surface area contributed by atoms with Gasteiger partial charge in [0.1, 0.15) is 0 Å². The molecule has 7 heteroatoms. The number of nitrogens with one attached hydrogen (secondary N) is 1. The van der Waals surface area contributed by atoms with Crippen LogP contribution in [0.15, 0.2) is 30.3 Å². The summed E-state index contributed by atoms with van der Waals surface area (Å²) >= 11 is 0. The predicted octanol–water partition coefficient (Wildman–Crippen LogP) is 2.15. The van der Waals surface area contributed by atoms with E-state index in [2.05, 4.69) is 34.3 Å². The van der Waals surface area contributed by atoms with Crippen LogP contribution < -0.4 is 5.32 Å². The van der Waals surface area contributed by atoms with Crippen LogP contribution in [0.1, 0.15) is 24.3 Å². The van der Waals surface area contributed by atoms with Gasteiger partial charge in [0.15, 0.2) is 5.82 Å². The lowest BCUT2D eigenvalue weighted by molar-refractivity contribution is 0.0594. The fourth-order valence-electron chi connectivity index (χ4n) is 2.20. The molecule has 1 aromatic heterocycles. The third kappa shape index (κ3) is 4.53. The Bertz CT molecular complexity index is 623. The van der Waals surface area contributed by atoms with Gasteiger partial charge in [-0.2, -0.15) is 4.80 Å². The molecule has 1 heterocycles. The number of aromatic nitrogens is 3. The van der Waals surface area contributed by atoms with Crippen LogP contribution in [0.25, 0.3) is 0 Å². The average molecular weight is 317 g/mol. The maximum absolute atomic E-state index is 11.9. The highest BCUT2D eigenvalue weighted by atomic mass is 16.5. The van der Waals surface area contributed by atoms with E-state index >= 15 is 0 Å². The minimum Gasteiger partial charge on any atom is -0.464 e. The maximum atomic E-state index is 11.9. The van der Waals surface area contributed by atoms with E-state index in [-0.39, 0.29) is 5.69 Å². The lowest BCUT2D eigenvalue weighted by Gasteiger charge is -2.16. The van der Waals surface area contributed by atoms with Crippen LogP contribution in [-0.2, 0) is 11.3 Å². The number of anilines is 2. The molecule has 0 bridgehead atoms. The van der Waals surface area contributed by atoms with Crippen molar-refractivity contribution < 1.29 is 9.53 Å². The Labute approximate surface area is 136 Å². The van der Waals surface area contributed by atoms with Crippen LogP contribution in [0.2, 0.25) is 0 Å². The van der Waals surface area contributed by atoms with Crippen LogP contribution >= 0.6 is 0 Å². The molecule has 0 amide bonds. The Morgan fingerprint density at radius 2 is 1.91 bits per heavy atom. The van der Waals surface area contributed by atoms with E-state index in [1.165, 1.54) is 11.9 Å². The average Bonchev–Trinajstić information content (AvgIpc) is 2.99. The smallest absolute Gasteiger partial charge is 0.362 e. The van der Waals surface area contributed by atoms with Gasteiger partial charge in [-0.15, -0.1) is 10.2 Å². The molecule has 0 saturated carbocycles. The molecule has 0 atom stereocenters. The first-order valence-electron chi connectivity index (χ1n) is 7.75. The Hall–Kier alpha value is -2.41. The van der Waals surface area contributed by atoms with Crippen molar-refractivity contribution in [1.29, 1.82) is 0 Å². The molecule has 0 saturated heterocycles. The van der Waals surface area contributed by atoms with E-state index in [9.17, 15) is 4.79 Å². The monoisotopic (exact) mass is 317 g/mol. The van der Waals surface area contributed by atoms with Gasteiger partial charge in [-0.3, -0.25) is 0 Å². The van der Waals surface area contributed by atoms with E-state index < -0.39 is 5.97 Å². The molecule has 0 aliphatic carbocycles. The maximum Gasteiger partial charge on any atom is 0.362 e. The van der Waals surface area contributed by atoms with Crippen LogP contribution in [0.4, 0.5) is 11.5 Å². The number of hydrogen-bond acceptors (Lipinski definition) is 6. The van der Waals surface area contributed by atoms with Crippen LogP contribution in [-0.4, -0.2) is 52.6 Å². The van der Waals surface area contributed by atoms with Crippen LogP contribution in [0.5, 0.6) is 0 Å². The second kappa shape index (κ2) is 8.28. The summed E-state index contributed by atoms with van der Waals surface area (Å²) in [6, 6.07) is 9.54. The SMILES string of the molecule is CCN(CC)CCn1nc(Nc2ccccc2)c(C(=O)OC)n1. The summed E-state index contributed by atoms with van der Waals surface area (Å²) in [6.07, 6.45) is 0. The molecule has 1 N–H and O–H groups in total. The molecule has 124 valence electrons. The van der Waals surface area contributed by atoms with Gasteiger partial charge in [-0.05, 0) is 25.2 Å². The van der Waals surface area contributed by atoms with Gasteiger partial charge in [-0.25, -0.2) is 4.79 Å². The fraction of sp³-hybridized carbons (Fsp3) is 0.438. The number of ether oxygens (including phenoxy) is 1. The summed E-state index contributed by atoms with van der Waals surface area (Å²) in [5, 5.41) is 11.8. The van der Waals surface area contributed by atoms with Crippen molar-refractivity contribution in [3.8, 4) is 0 Å². The largest absolute Gasteiger partial charge is 0.464 e. The molecular formula is C16H23N5O2. The van der Waals surface area contributed by atoms with Gasteiger partial charge in [0, 0.05) is 12.2 Å². The van der Waals surface area contributed by atoms with Crippen LogP contribution in [0.3, 0.4) is 0 Å². The number of nitrogens with zero attached hydrogens (tertiary/aromatic N) is 4. The lowest BCUT2D eigenvalue weighted by atomic mass is 10.3. The summed E-state index contributed by atoms with van der Waals surface area (Å²) in [5.41, 5.74) is 1.03. The molecule has 0 unspecified atom stereocenters. The number of benzene rings is 1. The van der Waals surface area contributed by atoms with Gasteiger partial charge in [-0.1, -0.05) is 32.0 Å². The highest BCUT2D eigenvalue weighted by Gasteiger charge is 2.19. The van der Waals surface area contributed by atoms with E-state index in [0.29, 0.717) is 12.4 Å². The third-order valence-corrected chi connectivity index (χ3v) is 3.58. The summed E-state index contributed by atoms with van der Waals surface area (Å²) in [6.45, 7) is 7.60. The number of esters is 1. The van der Waals surface area contributed by atoms with Gasteiger partial charge in [0.05, 0.1) is 13.7 Å². The third-order valence-electron chi connectivity index (χ3n) is 3.58. The lowest BCUT2D eigenvalue weighted by Crippen LogP contribution is -2.27. The molecule has 23 heavy (non-hydrogen) atoms. The normalized spacial score (nSPS) is 10.8. The first-order chi connectivity index (χ1) is 11.2. The van der Waals surface area contributed by atoms with Crippen molar-refractivity contribution in [1.82, 2.24) is 19.9 Å². The van der Waals surface area contributed by atoms with E-state index in [1.54, 1.807) is 0 Å². The minimum absolute atomic E-state index is 0.191. The fourth-order valence-corrected chi connectivity index (χ4v) is 2.20. The zero-order chi connectivity index (χ0) is 16.7. The van der Waals surface area contributed by atoms with Crippen molar-refractivity contribution >= 4 is 17.5 Å². The number of para-hydroxylation sites is 1. The second-order valence-electron chi connectivity index (χ2n) is 5.00. The van der Waals surface area contributed by atoms with Crippen molar-refractivity contribution in [3.63, 3.8) is 0 Å². The highest BCUT2D eigenvalue weighted by molar-refractivity contribution is 5.93. The van der Waals surface area contributed by atoms with E-state index in [0.717, 1.165) is 25.3 Å². The Morgan fingerprint density at radius 1 is 1.22 bits per heavy atom. The molecule has 7 nitrogen and oxygen atoms in total. The van der Waals surface area contributed by atoms with Gasteiger partial charge >= 0.3 is 5.97 Å². The molecule has 2 rings (SSSR count). The van der Waals surface area contributed by atoms with Crippen LogP contribution in [0, 0.1) is 0 Å². The van der Waals surface area contributed by atoms with Gasteiger partial charge < -0.3 is 15.0 Å². The summed E-state index contributed by atoms with van der Waals surface area (Å²) < 4.78 is 4.79. The second-order valence-corrected chi connectivity index (χ2v) is 5.00. The number of likely N-dealkylation sites (N-methyl/N-ethyl adjacent to an activating group) is 1. The number of carbonyl (C=O) groups excluding carboxylic acids is 1. The molecule has 0 fully saturated rings. The number of carbonyl (C=O) groups is 1. The molecule has 0 radical (unpaired) electrons. The molecule has 0 spiro atoms. The van der Waals surface area contributed by atoms with Crippen molar-refractivity contribution in [3.05, 3.63) is 36.0 Å². The summed E-state index contributed by atoms with van der Waals surface area (Å²) in [5.74, 6) is -0.0971. The number of hydrogen-bond donors (Lipinski definition) is 1. The standard InChI is InChI=1S/C16H23N5O2/c1-4-20(5-2)11-12-21-18-14(16(22)23-3)15(19-21)17-13-9-7-6-8-10-13/h6-10H,4-5,11-12H2,1-3H3,(H,17,19). The predicted molar refractivity (Wildman–Crippen MR) is 88.9 cm³/mol. The minimum atomic E-state index is -0.502. The summed E-state index contributed by atoms with van der Waals surface area (Å²) in [4.78, 5) is 15.7. The van der Waals surface area contributed by atoms with E-state index in [4.69, 9.17) is 4.74 Å². The quantitative estimate of drug-likeness (QED) is 0.752. The molecular weight excluding hydrogens is 294 g/mol. The molecule has 2 aromatic rings. The van der Waals surface area contributed by atoms with Crippen molar-refractivity contribution in [2.24, 2.45) is 0 Å². The van der Waals surface area contributed by atoms with Crippen molar-refractivity contribution in [2.45, 2.75) is 20.4 Å². The first-order valence-corrected chi connectivity index (χ1v) is 7.75. The topological polar surface area (TPSA) is 72.3 Å². The number of methoxy groups -OCH3 is 1. The zero-order valence-corrected chi connectivity index (χ0v) is 13.8. The Balaban J connectivity index is 2.17. The first kappa shape index (κ1) is 17.0. The highest BCUT2D eigenvalue weighted by Crippen LogP contribution is 2.17. The molecule has 0 aliphatic heterocycles. The van der Waals surface area contributed by atoms with Gasteiger partial charge in [0.2, 0.25) is 5.69 Å². The Morgan fingerprint density at radius 3 is 2.52 bits per heavy atom. The summed E-state index contributed by atoms with van der Waals surface area (Å²) in [7, 11) is 1.34. The van der Waals surface area contributed by atoms with Crippen molar-refractivity contribution in [2.75, 3.05) is 32.1 Å². The van der Waals surface area contributed by atoms with E-state index in [1.807, 2.05) is 30.3 Å². The number of rotatable bonds is 8. The molecule has 1 aromatic carbocycles. The molecule has 0 aliphatic rings. The Kier molecular flexibility index (Phi) is 6.10. The van der Waals surface area contributed by atoms with Gasteiger partial charge in [0.25, 0.3) is 0 Å².